The predicted molar refractivity (Wildman–Crippen MR) is 217 cm³/mol. The summed E-state index contributed by atoms with van der Waals surface area (Å²) >= 11 is 1.40. The molecule has 3 nitrogen and oxygen atoms in total. The second-order valence-electron chi connectivity index (χ2n) is 16.9. The normalized spacial score (nSPS) is 13.1. The first-order valence-corrected chi connectivity index (χ1v) is 18.9. The molecule has 0 aliphatic heterocycles. The zero-order valence-corrected chi connectivity index (χ0v) is 37.0. The van der Waals surface area contributed by atoms with Crippen molar-refractivity contribution in [3.05, 3.63) is 113 Å². The average molecular weight is 983 g/mol. The van der Waals surface area contributed by atoms with Gasteiger partial charge in [0.15, 0.2) is 5.78 Å². The molecule has 0 amide bonds. The van der Waals surface area contributed by atoms with Crippen molar-refractivity contribution in [2.75, 3.05) is 0 Å². The second kappa shape index (κ2) is 15.9. The molecule has 2 aromatic heterocycles. The Morgan fingerprint density at radius 2 is 1.37 bits per heavy atom. The van der Waals surface area contributed by atoms with Crippen LogP contribution in [0.25, 0.3) is 53.3 Å². The predicted octanol–water partition coefficient (Wildman–Crippen LogP) is 14.6. The maximum atomic E-state index is 14.4. The molecule has 0 aliphatic carbocycles. The van der Waals surface area contributed by atoms with Crippen molar-refractivity contribution in [1.82, 2.24) is 4.98 Å². The molecule has 4 aromatic carbocycles. The Balaban J connectivity index is 0.000000362. The molecule has 0 fully saturated rings. The van der Waals surface area contributed by atoms with Crippen molar-refractivity contribution in [2.45, 2.75) is 93.9 Å². The van der Waals surface area contributed by atoms with Gasteiger partial charge in [-0.2, -0.15) is 26.3 Å². The van der Waals surface area contributed by atoms with Crippen molar-refractivity contribution in [3.8, 4) is 21.7 Å². The van der Waals surface area contributed by atoms with E-state index in [1.165, 1.54) is 11.3 Å². The van der Waals surface area contributed by atoms with E-state index in [-0.39, 0.29) is 36.7 Å². The fraction of sp³-hybridized carbons (Fsp3) is 0.348. The topological polar surface area (TPSA) is 50.2 Å². The molecule has 305 valence electrons. The number of nitrogens with zero attached hydrogens (tertiary/aromatic N) is 1. The van der Waals surface area contributed by atoms with E-state index in [1.807, 2.05) is 44.2 Å². The number of aromatic nitrogens is 1. The van der Waals surface area contributed by atoms with Gasteiger partial charge in [0.2, 0.25) is 0 Å². The van der Waals surface area contributed by atoms with Crippen molar-refractivity contribution < 1.29 is 56.3 Å². The molecule has 0 aliphatic rings. The van der Waals surface area contributed by atoms with Gasteiger partial charge < -0.3 is 5.11 Å². The Morgan fingerprint density at radius 1 is 0.789 bits per heavy atom. The fourth-order valence-electron chi connectivity index (χ4n) is 6.59. The van der Waals surface area contributed by atoms with Crippen LogP contribution < -0.4 is 0 Å². The molecule has 11 heteroatoms. The molecule has 0 spiro atoms. The van der Waals surface area contributed by atoms with Crippen LogP contribution in [0.3, 0.4) is 0 Å². The molecular weight excluding hydrogens is 937 g/mol. The number of halogens is 6. The average Bonchev–Trinajstić information content (AvgIpc) is 3.42. The van der Waals surface area contributed by atoms with Crippen LogP contribution in [0.1, 0.15) is 83.2 Å². The number of allylic oxidation sites excluding steroid dienone is 2. The first-order chi connectivity index (χ1) is 25.7. The number of alkyl halides is 6. The Kier molecular flexibility index (Phi) is 12.8. The fourth-order valence-corrected chi connectivity index (χ4v) is 8.09. The Bertz CT molecular complexity index is 2510. The van der Waals surface area contributed by atoms with E-state index in [0.29, 0.717) is 27.6 Å². The summed E-state index contributed by atoms with van der Waals surface area (Å²) in [6, 6.07) is 23.9. The van der Waals surface area contributed by atoms with Gasteiger partial charge in [0.25, 0.3) is 0 Å². The van der Waals surface area contributed by atoms with E-state index in [4.69, 9.17) is 0 Å². The summed E-state index contributed by atoms with van der Waals surface area (Å²) in [5.41, 5.74) is 2.01. The number of aliphatic hydroxyl groups is 1. The SMILES string of the molecule is CC(C)(C)/C(O)=C/C(=O)C(C)(C)C(F)(F)F.Cc1cc2ccccc2c(C)c1-c1sc2c(-c3[c-]c4ccccc4c(C(C)(C)C)c3)ncc(C(F)(F)F)c2c1C.[Ir]. The van der Waals surface area contributed by atoms with Gasteiger partial charge in [0.1, 0.15) is 11.2 Å². The standard InChI is InChI=1S/C35H29F3NS.C11H17F3O2.Ir/c1-19-15-22-11-7-9-13-25(22)20(2)29(19)32-21(3)30-28(35(36,37)38)18-39-31(33(30)40-32)24-16-23-12-8-10-14-26(23)27(17-24)34(4,5)6;1-9(2,3)7(15)6-8(16)10(4,5)11(12,13)14;/h7-15,17-18H,1-6H3;6,15H,1-5H3;/q-1;;/b;7-6-;. The van der Waals surface area contributed by atoms with E-state index >= 15 is 0 Å². The van der Waals surface area contributed by atoms with Crippen LogP contribution in [0.4, 0.5) is 26.3 Å². The molecule has 57 heavy (non-hydrogen) atoms. The van der Waals surface area contributed by atoms with Crippen LogP contribution >= 0.6 is 11.3 Å². The number of aliphatic hydroxyl groups excluding tert-OH is 1. The zero-order valence-electron chi connectivity index (χ0n) is 33.7. The smallest absolute Gasteiger partial charge is 0.418 e. The summed E-state index contributed by atoms with van der Waals surface area (Å²) in [7, 11) is 0. The first kappa shape index (κ1) is 45.6. The van der Waals surface area contributed by atoms with Gasteiger partial charge in [-0.25, -0.2) is 0 Å². The summed E-state index contributed by atoms with van der Waals surface area (Å²) in [6.07, 6.45) is -7.49. The minimum Gasteiger partial charge on any atom is -0.512 e. The summed E-state index contributed by atoms with van der Waals surface area (Å²) in [5, 5.41) is 13.9. The van der Waals surface area contributed by atoms with E-state index < -0.39 is 34.5 Å². The number of fused-ring (bicyclic) bond motifs is 3. The number of ketones is 1. The summed E-state index contributed by atoms with van der Waals surface area (Å²) < 4.78 is 81.2. The van der Waals surface area contributed by atoms with E-state index in [2.05, 4.69) is 69.1 Å². The quantitative estimate of drug-likeness (QED) is 0.0829. The molecule has 0 saturated heterocycles. The van der Waals surface area contributed by atoms with Crippen LogP contribution in [0.2, 0.25) is 0 Å². The first-order valence-electron chi connectivity index (χ1n) is 18.1. The molecule has 1 N–H and O–H groups in total. The van der Waals surface area contributed by atoms with Gasteiger partial charge >= 0.3 is 12.4 Å². The van der Waals surface area contributed by atoms with Crippen LogP contribution in [-0.2, 0) is 36.5 Å². The van der Waals surface area contributed by atoms with Gasteiger partial charge in [-0.3, -0.25) is 9.78 Å². The maximum absolute atomic E-state index is 14.4. The molecule has 1 radical (unpaired) electrons. The molecule has 0 saturated carbocycles. The number of hydrogen-bond acceptors (Lipinski definition) is 4. The molecule has 0 unspecified atom stereocenters. The molecule has 0 bridgehead atoms. The van der Waals surface area contributed by atoms with E-state index in [1.54, 1.807) is 20.8 Å². The third-order valence-corrected chi connectivity index (χ3v) is 11.5. The van der Waals surface area contributed by atoms with Gasteiger partial charge in [-0.05, 0) is 73.1 Å². The van der Waals surface area contributed by atoms with Crippen molar-refractivity contribution in [2.24, 2.45) is 10.8 Å². The van der Waals surface area contributed by atoms with Gasteiger partial charge in [0.05, 0.1) is 5.56 Å². The van der Waals surface area contributed by atoms with Gasteiger partial charge in [-0.1, -0.05) is 101 Å². The van der Waals surface area contributed by atoms with Crippen LogP contribution in [0, 0.1) is 37.7 Å². The largest absolute Gasteiger partial charge is 0.512 e. The zero-order chi connectivity index (χ0) is 41.9. The van der Waals surface area contributed by atoms with Gasteiger partial charge in [0, 0.05) is 58.5 Å². The molecule has 0 atom stereocenters. The number of carbonyl (C=O) groups is 1. The number of benzene rings is 4. The molecule has 6 aromatic rings. The van der Waals surface area contributed by atoms with Crippen molar-refractivity contribution >= 4 is 48.8 Å². The minimum atomic E-state index is -4.63. The van der Waals surface area contributed by atoms with Crippen LogP contribution in [0.15, 0.2) is 78.7 Å². The van der Waals surface area contributed by atoms with E-state index in [0.717, 1.165) is 68.7 Å². The molecular formula is C46H46F6IrNO2S-. The number of aryl methyl sites for hydroxylation is 3. The number of pyridine rings is 1. The Morgan fingerprint density at radius 3 is 1.93 bits per heavy atom. The second-order valence-corrected chi connectivity index (χ2v) is 17.9. The molecule has 2 heterocycles. The number of thiophene rings is 1. The third kappa shape index (κ3) is 9.01. The third-order valence-electron chi connectivity index (χ3n) is 10.2. The Labute approximate surface area is 347 Å². The maximum Gasteiger partial charge on any atom is 0.418 e. The summed E-state index contributed by atoms with van der Waals surface area (Å²) in [4.78, 5) is 16.7. The monoisotopic (exact) mass is 983 g/mol. The summed E-state index contributed by atoms with van der Waals surface area (Å²) in [6.45, 7) is 18.7. The van der Waals surface area contributed by atoms with Crippen LogP contribution in [0.5, 0.6) is 0 Å². The van der Waals surface area contributed by atoms with Crippen LogP contribution in [-0.4, -0.2) is 22.1 Å². The van der Waals surface area contributed by atoms with Gasteiger partial charge in [-0.15, -0.1) is 40.5 Å². The van der Waals surface area contributed by atoms with Crippen molar-refractivity contribution in [3.63, 3.8) is 0 Å². The Hall–Kier alpha value is -4.05. The number of hydrogen-bond donors (Lipinski definition) is 1. The van der Waals surface area contributed by atoms with E-state index in [9.17, 15) is 36.2 Å². The minimum absolute atomic E-state index is 0. The number of rotatable bonds is 4. The number of carbonyl (C=O) groups excluding carboxylic acids is 1. The molecule has 6 rings (SSSR count). The summed E-state index contributed by atoms with van der Waals surface area (Å²) in [5.74, 6) is -1.50. The van der Waals surface area contributed by atoms with Crippen molar-refractivity contribution in [1.29, 1.82) is 0 Å².